The van der Waals surface area contributed by atoms with Crippen LogP contribution in [0.15, 0.2) is 48.5 Å². The highest BCUT2D eigenvalue weighted by atomic mass is 19.2. The summed E-state index contributed by atoms with van der Waals surface area (Å²) in [6.07, 6.45) is 0. The van der Waals surface area contributed by atoms with E-state index < -0.39 is 17.7 Å². The molecule has 0 spiro atoms. The van der Waals surface area contributed by atoms with Gasteiger partial charge in [0.2, 0.25) is 0 Å². The highest BCUT2D eigenvalue weighted by Crippen LogP contribution is 2.21. The summed E-state index contributed by atoms with van der Waals surface area (Å²) in [5.74, 6) is -1.72. The second-order valence-corrected chi connectivity index (χ2v) is 4.62. The van der Waals surface area contributed by atoms with Gasteiger partial charge in [-0.15, -0.1) is 0 Å². The molecule has 0 aliphatic rings. The van der Waals surface area contributed by atoms with Crippen molar-refractivity contribution >= 4 is 5.69 Å². The molecule has 2 aromatic rings. The maximum absolute atomic E-state index is 13.7. The van der Waals surface area contributed by atoms with Crippen LogP contribution in [0.5, 0.6) is 0 Å². The molecule has 0 saturated carbocycles. The van der Waals surface area contributed by atoms with Crippen LogP contribution in [-0.2, 0) is 0 Å². The number of halogens is 2. The van der Waals surface area contributed by atoms with Gasteiger partial charge in [0.25, 0.3) is 0 Å². The zero-order valence-corrected chi connectivity index (χ0v) is 11.4. The van der Waals surface area contributed by atoms with Gasteiger partial charge in [0.05, 0.1) is 6.04 Å². The lowest BCUT2D eigenvalue weighted by Crippen LogP contribution is -2.32. The molecule has 0 bridgehead atoms. The van der Waals surface area contributed by atoms with E-state index in [0.717, 1.165) is 18.3 Å². The van der Waals surface area contributed by atoms with E-state index in [1.807, 2.05) is 42.2 Å². The molecule has 1 unspecified atom stereocenters. The number of likely N-dealkylation sites (N-methyl/N-ethyl adjacent to an activating group) is 1. The third kappa shape index (κ3) is 3.14. The number of hydrogen-bond donors (Lipinski definition) is 1. The Hall–Kier alpha value is -1.94. The van der Waals surface area contributed by atoms with Gasteiger partial charge in [-0.3, -0.25) is 0 Å². The standard InChI is InChI=1S/C16H18F2N2/c1-2-20(12-7-4-3-5-8-12)11-15(19)13-9-6-10-14(17)16(13)18/h3-10,15H,2,11,19H2,1H3. The van der Waals surface area contributed by atoms with Gasteiger partial charge in [0.15, 0.2) is 11.6 Å². The first-order valence-corrected chi connectivity index (χ1v) is 6.63. The molecule has 0 radical (unpaired) electrons. The second-order valence-electron chi connectivity index (χ2n) is 4.62. The molecule has 106 valence electrons. The van der Waals surface area contributed by atoms with Gasteiger partial charge < -0.3 is 10.6 Å². The molecule has 0 saturated heterocycles. The lowest BCUT2D eigenvalue weighted by Gasteiger charge is -2.27. The lowest BCUT2D eigenvalue weighted by atomic mass is 10.1. The largest absolute Gasteiger partial charge is 0.370 e. The number of para-hydroxylation sites is 1. The second kappa shape index (κ2) is 6.48. The van der Waals surface area contributed by atoms with Crippen molar-refractivity contribution in [3.8, 4) is 0 Å². The summed E-state index contributed by atoms with van der Waals surface area (Å²) in [6, 6.07) is 13.3. The van der Waals surface area contributed by atoms with E-state index in [9.17, 15) is 8.78 Å². The van der Waals surface area contributed by atoms with E-state index in [0.29, 0.717) is 6.54 Å². The van der Waals surface area contributed by atoms with E-state index >= 15 is 0 Å². The first-order chi connectivity index (χ1) is 9.63. The molecule has 2 rings (SSSR count). The molecular weight excluding hydrogens is 258 g/mol. The fraction of sp³-hybridized carbons (Fsp3) is 0.250. The van der Waals surface area contributed by atoms with Crippen molar-refractivity contribution in [2.75, 3.05) is 18.0 Å². The summed E-state index contributed by atoms with van der Waals surface area (Å²) in [6.45, 7) is 3.18. The number of rotatable bonds is 5. The maximum Gasteiger partial charge on any atom is 0.163 e. The predicted octanol–water partition coefficient (Wildman–Crippen LogP) is 3.49. The van der Waals surface area contributed by atoms with Crippen LogP contribution in [0.2, 0.25) is 0 Å². The van der Waals surface area contributed by atoms with Crippen LogP contribution in [0, 0.1) is 11.6 Å². The van der Waals surface area contributed by atoms with E-state index in [-0.39, 0.29) is 5.56 Å². The van der Waals surface area contributed by atoms with Crippen LogP contribution in [-0.4, -0.2) is 13.1 Å². The van der Waals surface area contributed by atoms with E-state index in [4.69, 9.17) is 5.73 Å². The first-order valence-electron chi connectivity index (χ1n) is 6.63. The minimum Gasteiger partial charge on any atom is -0.370 e. The quantitative estimate of drug-likeness (QED) is 0.905. The van der Waals surface area contributed by atoms with Gasteiger partial charge in [0, 0.05) is 24.3 Å². The Morgan fingerprint density at radius 2 is 1.75 bits per heavy atom. The van der Waals surface area contributed by atoms with E-state index in [1.165, 1.54) is 12.1 Å². The Morgan fingerprint density at radius 3 is 2.40 bits per heavy atom. The highest BCUT2D eigenvalue weighted by molar-refractivity contribution is 5.46. The molecule has 4 heteroatoms. The number of nitrogens with two attached hydrogens (primary N) is 1. The molecule has 1 atom stereocenters. The molecule has 2 N–H and O–H groups in total. The molecule has 0 aliphatic carbocycles. The zero-order valence-electron chi connectivity index (χ0n) is 11.4. The lowest BCUT2D eigenvalue weighted by molar-refractivity contribution is 0.487. The van der Waals surface area contributed by atoms with Crippen LogP contribution < -0.4 is 10.6 Å². The minimum atomic E-state index is -0.860. The number of anilines is 1. The fourth-order valence-electron chi connectivity index (χ4n) is 2.20. The van der Waals surface area contributed by atoms with Crippen LogP contribution in [0.1, 0.15) is 18.5 Å². The number of nitrogens with zero attached hydrogens (tertiary/aromatic N) is 1. The Balaban J connectivity index is 2.17. The Morgan fingerprint density at radius 1 is 1.05 bits per heavy atom. The monoisotopic (exact) mass is 276 g/mol. The number of hydrogen-bond acceptors (Lipinski definition) is 2. The van der Waals surface area contributed by atoms with Crippen molar-refractivity contribution in [2.24, 2.45) is 5.73 Å². The van der Waals surface area contributed by atoms with Crippen molar-refractivity contribution < 1.29 is 8.78 Å². The minimum absolute atomic E-state index is 0.208. The molecule has 0 heterocycles. The first kappa shape index (κ1) is 14.5. The van der Waals surface area contributed by atoms with Crippen molar-refractivity contribution in [1.82, 2.24) is 0 Å². The Kier molecular flexibility index (Phi) is 4.69. The molecule has 2 aromatic carbocycles. The van der Waals surface area contributed by atoms with E-state index in [2.05, 4.69) is 0 Å². The number of benzene rings is 2. The van der Waals surface area contributed by atoms with Gasteiger partial charge in [-0.05, 0) is 25.1 Å². The third-order valence-corrected chi connectivity index (χ3v) is 3.30. The summed E-state index contributed by atoms with van der Waals surface area (Å²) in [4.78, 5) is 2.04. The Labute approximate surface area is 117 Å². The van der Waals surface area contributed by atoms with Crippen molar-refractivity contribution in [3.05, 3.63) is 65.7 Å². The fourth-order valence-corrected chi connectivity index (χ4v) is 2.20. The van der Waals surface area contributed by atoms with Crippen LogP contribution in [0.4, 0.5) is 14.5 Å². The normalized spacial score (nSPS) is 12.2. The van der Waals surface area contributed by atoms with Crippen molar-refractivity contribution in [1.29, 1.82) is 0 Å². The van der Waals surface area contributed by atoms with Crippen molar-refractivity contribution in [2.45, 2.75) is 13.0 Å². The molecule has 2 nitrogen and oxygen atoms in total. The average molecular weight is 276 g/mol. The molecule has 0 aliphatic heterocycles. The molecule has 0 fully saturated rings. The average Bonchev–Trinajstić information content (AvgIpc) is 2.48. The summed E-state index contributed by atoms with van der Waals surface area (Å²) in [5, 5.41) is 0. The van der Waals surface area contributed by atoms with Gasteiger partial charge in [-0.25, -0.2) is 8.78 Å². The predicted molar refractivity (Wildman–Crippen MR) is 77.6 cm³/mol. The van der Waals surface area contributed by atoms with E-state index in [1.54, 1.807) is 0 Å². The summed E-state index contributed by atoms with van der Waals surface area (Å²) in [5.41, 5.74) is 7.25. The zero-order chi connectivity index (χ0) is 14.5. The summed E-state index contributed by atoms with van der Waals surface area (Å²) in [7, 11) is 0. The van der Waals surface area contributed by atoms with Crippen LogP contribution >= 0.6 is 0 Å². The molecule has 0 amide bonds. The maximum atomic E-state index is 13.7. The van der Waals surface area contributed by atoms with Crippen LogP contribution in [0.3, 0.4) is 0 Å². The smallest absolute Gasteiger partial charge is 0.163 e. The van der Waals surface area contributed by atoms with Gasteiger partial charge >= 0.3 is 0 Å². The molecular formula is C16H18F2N2. The van der Waals surface area contributed by atoms with Gasteiger partial charge in [-0.1, -0.05) is 30.3 Å². The SMILES string of the molecule is CCN(CC(N)c1cccc(F)c1F)c1ccccc1. The van der Waals surface area contributed by atoms with Gasteiger partial charge in [-0.2, -0.15) is 0 Å². The van der Waals surface area contributed by atoms with Crippen molar-refractivity contribution in [3.63, 3.8) is 0 Å². The van der Waals surface area contributed by atoms with Crippen LogP contribution in [0.25, 0.3) is 0 Å². The summed E-state index contributed by atoms with van der Waals surface area (Å²) >= 11 is 0. The Bertz CT molecular complexity index is 558. The topological polar surface area (TPSA) is 29.3 Å². The summed E-state index contributed by atoms with van der Waals surface area (Å²) < 4.78 is 27.0. The highest BCUT2D eigenvalue weighted by Gasteiger charge is 2.17. The molecule has 0 aromatic heterocycles. The third-order valence-electron chi connectivity index (χ3n) is 3.30. The molecule has 20 heavy (non-hydrogen) atoms. The van der Waals surface area contributed by atoms with Gasteiger partial charge in [0.1, 0.15) is 0 Å².